The molecule has 0 bridgehead atoms. The summed E-state index contributed by atoms with van der Waals surface area (Å²) in [6.07, 6.45) is 1.43. The van der Waals surface area contributed by atoms with E-state index in [1.165, 1.54) is 4.90 Å². The van der Waals surface area contributed by atoms with Crippen LogP contribution in [-0.2, 0) is 20.8 Å². The molecule has 7 heteroatoms. The number of hydrogen-bond donors (Lipinski definition) is 3. The summed E-state index contributed by atoms with van der Waals surface area (Å²) in [7, 11) is 0. The summed E-state index contributed by atoms with van der Waals surface area (Å²) in [4.78, 5) is 37.6. The number of rotatable bonds is 7. The predicted octanol–water partition coefficient (Wildman–Crippen LogP) is 0.952. The summed E-state index contributed by atoms with van der Waals surface area (Å²) >= 11 is 0. The van der Waals surface area contributed by atoms with E-state index in [0.717, 1.165) is 12.0 Å². The molecule has 0 spiro atoms. The van der Waals surface area contributed by atoms with Crippen molar-refractivity contribution in [1.29, 1.82) is 0 Å². The Morgan fingerprint density at radius 2 is 1.81 bits per heavy atom. The number of amides is 2. The third kappa shape index (κ3) is 5.05. The van der Waals surface area contributed by atoms with Gasteiger partial charge in [0.1, 0.15) is 6.04 Å². The molecule has 0 saturated carbocycles. The Balaban J connectivity index is 1.95. The molecule has 26 heavy (non-hydrogen) atoms. The molecular weight excluding hydrogens is 336 g/mol. The highest BCUT2D eigenvalue weighted by atomic mass is 16.4. The van der Waals surface area contributed by atoms with Crippen LogP contribution in [0.15, 0.2) is 30.3 Å². The summed E-state index contributed by atoms with van der Waals surface area (Å²) in [5.41, 5.74) is -0.898. The average Bonchev–Trinajstić information content (AvgIpc) is 2.62. The number of aliphatic carboxylic acids is 1. The average molecular weight is 362 g/mol. The van der Waals surface area contributed by atoms with Gasteiger partial charge in [-0.1, -0.05) is 43.7 Å². The standard InChI is InChI=1S/C19H26N2O5/c1-2-6-15(20-16(22)13-14-7-4-3-5-8-14)17(23)21-11-9-19(26,10-12-21)18(24)25/h3-5,7-8,15,26H,2,6,9-13H2,1H3,(H,20,22)(H,24,25). The zero-order chi connectivity index (χ0) is 19.2. The van der Waals surface area contributed by atoms with Crippen molar-refractivity contribution < 1.29 is 24.6 Å². The highest BCUT2D eigenvalue weighted by Crippen LogP contribution is 2.23. The van der Waals surface area contributed by atoms with Crippen LogP contribution in [0.25, 0.3) is 0 Å². The van der Waals surface area contributed by atoms with Gasteiger partial charge in [0.15, 0.2) is 5.60 Å². The van der Waals surface area contributed by atoms with E-state index >= 15 is 0 Å². The van der Waals surface area contributed by atoms with Gasteiger partial charge in [-0.05, 0) is 12.0 Å². The Morgan fingerprint density at radius 1 is 1.19 bits per heavy atom. The maximum Gasteiger partial charge on any atom is 0.335 e. The first kappa shape index (κ1) is 19.9. The number of hydrogen-bond acceptors (Lipinski definition) is 4. The summed E-state index contributed by atoms with van der Waals surface area (Å²) < 4.78 is 0. The number of carboxylic acids is 1. The van der Waals surface area contributed by atoms with Crippen molar-refractivity contribution in [3.8, 4) is 0 Å². The lowest BCUT2D eigenvalue weighted by molar-refractivity contribution is -0.165. The maximum absolute atomic E-state index is 12.7. The number of likely N-dealkylation sites (tertiary alicyclic amines) is 1. The second-order valence-electron chi connectivity index (χ2n) is 6.73. The minimum Gasteiger partial charge on any atom is -0.479 e. The molecule has 1 aliphatic rings. The summed E-state index contributed by atoms with van der Waals surface area (Å²) in [5, 5.41) is 21.9. The minimum atomic E-state index is -1.77. The molecule has 3 N–H and O–H groups in total. The zero-order valence-electron chi connectivity index (χ0n) is 15.0. The zero-order valence-corrected chi connectivity index (χ0v) is 15.0. The van der Waals surface area contributed by atoms with Crippen molar-refractivity contribution in [1.82, 2.24) is 10.2 Å². The molecule has 0 radical (unpaired) electrons. The smallest absolute Gasteiger partial charge is 0.335 e. The molecule has 1 aromatic carbocycles. The molecule has 1 unspecified atom stereocenters. The van der Waals surface area contributed by atoms with Gasteiger partial charge in [-0.3, -0.25) is 9.59 Å². The molecule has 0 aromatic heterocycles. The lowest BCUT2D eigenvalue weighted by Crippen LogP contribution is -2.55. The van der Waals surface area contributed by atoms with Crippen LogP contribution in [0, 0.1) is 0 Å². The molecule has 1 aliphatic heterocycles. The molecule has 1 aromatic rings. The quantitative estimate of drug-likeness (QED) is 0.670. The fraction of sp³-hybridized carbons (Fsp3) is 0.526. The maximum atomic E-state index is 12.7. The first-order chi connectivity index (χ1) is 12.4. The van der Waals surface area contributed by atoms with E-state index in [1.807, 2.05) is 37.3 Å². The van der Waals surface area contributed by atoms with Gasteiger partial charge in [0.2, 0.25) is 11.8 Å². The van der Waals surface area contributed by atoms with Crippen LogP contribution >= 0.6 is 0 Å². The highest BCUT2D eigenvalue weighted by Gasteiger charge is 2.41. The molecule has 2 amide bonds. The van der Waals surface area contributed by atoms with Crippen LogP contribution in [-0.4, -0.2) is 57.6 Å². The molecular formula is C19H26N2O5. The van der Waals surface area contributed by atoms with Gasteiger partial charge in [-0.15, -0.1) is 0 Å². The Morgan fingerprint density at radius 3 is 2.35 bits per heavy atom. The van der Waals surface area contributed by atoms with Crippen LogP contribution in [0.1, 0.15) is 38.2 Å². The van der Waals surface area contributed by atoms with Crippen LogP contribution in [0.5, 0.6) is 0 Å². The normalized spacial score (nSPS) is 17.4. The van der Waals surface area contributed by atoms with Gasteiger partial charge in [0.25, 0.3) is 0 Å². The number of carbonyl (C=O) groups excluding carboxylic acids is 2. The number of nitrogens with one attached hydrogen (secondary N) is 1. The van der Waals surface area contributed by atoms with Crippen molar-refractivity contribution in [3.05, 3.63) is 35.9 Å². The second-order valence-corrected chi connectivity index (χ2v) is 6.73. The molecule has 2 rings (SSSR count). The van der Waals surface area contributed by atoms with Crippen LogP contribution in [0.4, 0.5) is 0 Å². The van der Waals surface area contributed by atoms with Gasteiger partial charge in [0, 0.05) is 25.9 Å². The number of piperidine rings is 1. The van der Waals surface area contributed by atoms with Crippen molar-refractivity contribution in [2.24, 2.45) is 0 Å². The number of carbonyl (C=O) groups is 3. The van der Waals surface area contributed by atoms with E-state index in [4.69, 9.17) is 5.11 Å². The van der Waals surface area contributed by atoms with Gasteiger partial charge in [-0.25, -0.2) is 4.79 Å². The Bertz CT molecular complexity index is 639. The van der Waals surface area contributed by atoms with E-state index in [0.29, 0.717) is 6.42 Å². The third-order valence-electron chi connectivity index (χ3n) is 4.72. The second kappa shape index (κ2) is 8.80. The summed E-state index contributed by atoms with van der Waals surface area (Å²) in [6.45, 7) is 2.26. The highest BCUT2D eigenvalue weighted by molar-refractivity contribution is 5.88. The molecule has 1 atom stereocenters. The molecule has 1 saturated heterocycles. The van der Waals surface area contributed by atoms with Crippen LogP contribution < -0.4 is 5.32 Å². The summed E-state index contributed by atoms with van der Waals surface area (Å²) in [6, 6.07) is 8.66. The van der Waals surface area contributed by atoms with Gasteiger partial charge in [-0.2, -0.15) is 0 Å². The van der Waals surface area contributed by atoms with Crippen LogP contribution in [0.2, 0.25) is 0 Å². The topological polar surface area (TPSA) is 107 Å². The SMILES string of the molecule is CCCC(NC(=O)Cc1ccccc1)C(=O)N1CCC(O)(C(=O)O)CC1. The first-order valence-corrected chi connectivity index (χ1v) is 8.93. The fourth-order valence-electron chi connectivity index (χ4n) is 3.10. The molecule has 1 fully saturated rings. The van der Waals surface area contributed by atoms with E-state index in [9.17, 15) is 19.5 Å². The van der Waals surface area contributed by atoms with E-state index in [1.54, 1.807) is 0 Å². The Labute approximate surface area is 153 Å². The molecule has 0 aliphatic carbocycles. The van der Waals surface area contributed by atoms with Crippen molar-refractivity contribution in [3.63, 3.8) is 0 Å². The van der Waals surface area contributed by atoms with Gasteiger partial charge in [0.05, 0.1) is 6.42 Å². The first-order valence-electron chi connectivity index (χ1n) is 8.93. The lowest BCUT2D eigenvalue weighted by Gasteiger charge is -2.37. The summed E-state index contributed by atoms with van der Waals surface area (Å²) in [5.74, 6) is -1.70. The minimum absolute atomic E-state index is 0.00905. The molecule has 7 nitrogen and oxygen atoms in total. The van der Waals surface area contributed by atoms with Gasteiger partial charge >= 0.3 is 5.97 Å². The third-order valence-corrected chi connectivity index (χ3v) is 4.72. The monoisotopic (exact) mass is 362 g/mol. The largest absolute Gasteiger partial charge is 0.479 e. The Hall–Kier alpha value is -2.41. The van der Waals surface area contributed by atoms with Crippen molar-refractivity contribution >= 4 is 17.8 Å². The van der Waals surface area contributed by atoms with E-state index in [2.05, 4.69) is 5.32 Å². The van der Waals surface area contributed by atoms with Crippen molar-refractivity contribution in [2.45, 2.75) is 50.7 Å². The lowest BCUT2D eigenvalue weighted by atomic mass is 9.91. The van der Waals surface area contributed by atoms with E-state index < -0.39 is 17.6 Å². The number of aliphatic hydroxyl groups is 1. The van der Waals surface area contributed by atoms with Crippen molar-refractivity contribution in [2.75, 3.05) is 13.1 Å². The number of carboxylic acid groups (broad SMARTS) is 1. The van der Waals surface area contributed by atoms with Gasteiger partial charge < -0.3 is 20.4 Å². The fourth-order valence-corrected chi connectivity index (χ4v) is 3.10. The predicted molar refractivity (Wildman–Crippen MR) is 95.4 cm³/mol. The Kier molecular flexibility index (Phi) is 6.74. The van der Waals surface area contributed by atoms with E-state index in [-0.39, 0.29) is 44.2 Å². The molecule has 142 valence electrons. The number of benzene rings is 1. The van der Waals surface area contributed by atoms with Crippen LogP contribution in [0.3, 0.4) is 0 Å². The molecule has 1 heterocycles. The number of nitrogens with zero attached hydrogens (tertiary/aromatic N) is 1.